The van der Waals surface area contributed by atoms with E-state index in [1.807, 2.05) is 20.0 Å². The fraction of sp³-hybridized carbons (Fsp3) is 0.625. The molecule has 0 spiro atoms. The van der Waals surface area contributed by atoms with Gasteiger partial charge in [-0.15, -0.1) is 11.6 Å². The lowest BCUT2D eigenvalue weighted by Crippen LogP contribution is -2.09. The first-order valence-electron chi connectivity index (χ1n) is 7.53. The standard InChI is InChI=1S/C16H24ClN3O/c1-11(2)10-21-7-5-6-20-15(13(4)17)19-14-8-12(3)9-18-16(14)20/h8-9,11,13H,5-7,10H2,1-4H3. The number of halogens is 1. The van der Waals surface area contributed by atoms with E-state index >= 15 is 0 Å². The van der Waals surface area contributed by atoms with Crippen molar-refractivity contribution >= 4 is 22.8 Å². The van der Waals surface area contributed by atoms with Crippen LogP contribution in [0.15, 0.2) is 12.3 Å². The fourth-order valence-electron chi connectivity index (χ4n) is 2.30. The van der Waals surface area contributed by atoms with Gasteiger partial charge in [0.05, 0.1) is 5.38 Å². The topological polar surface area (TPSA) is 39.9 Å². The van der Waals surface area contributed by atoms with Crippen LogP contribution in [0.1, 0.15) is 44.0 Å². The van der Waals surface area contributed by atoms with Gasteiger partial charge in [-0.2, -0.15) is 0 Å². The number of aromatic nitrogens is 3. The number of alkyl halides is 1. The van der Waals surface area contributed by atoms with Gasteiger partial charge < -0.3 is 9.30 Å². The smallest absolute Gasteiger partial charge is 0.160 e. The van der Waals surface area contributed by atoms with E-state index in [4.69, 9.17) is 16.3 Å². The molecular weight excluding hydrogens is 286 g/mol. The third-order valence-corrected chi connectivity index (χ3v) is 3.42. The summed E-state index contributed by atoms with van der Waals surface area (Å²) in [5.74, 6) is 1.45. The van der Waals surface area contributed by atoms with Gasteiger partial charge in [0.2, 0.25) is 0 Å². The molecule has 2 aromatic heterocycles. The van der Waals surface area contributed by atoms with Crippen LogP contribution in [-0.2, 0) is 11.3 Å². The number of ether oxygens (including phenoxy) is 1. The van der Waals surface area contributed by atoms with E-state index in [-0.39, 0.29) is 5.38 Å². The van der Waals surface area contributed by atoms with Crippen LogP contribution in [-0.4, -0.2) is 27.7 Å². The number of nitrogens with zero attached hydrogens (tertiary/aromatic N) is 3. The molecule has 2 aromatic rings. The fourth-order valence-corrected chi connectivity index (χ4v) is 2.46. The second-order valence-electron chi connectivity index (χ2n) is 5.92. The molecule has 5 heteroatoms. The summed E-state index contributed by atoms with van der Waals surface area (Å²) in [6.07, 6.45) is 2.81. The molecule has 0 aliphatic carbocycles. The molecule has 0 saturated carbocycles. The van der Waals surface area contributed by atoms with Crippen molar-refractivity contribution in [1.29, 1.82) is 0 Å². The first kappa shape index (κ1) is 16.2. The number of hydrogen-bond donors (Lipinski definition) is 0. The van der Waals surface area contributed by atoms with Crippen LogP contribution in [0.5, 0.6) is 0 Å². The third kappa shape index (κ3) is 4.17. The molecular formula is C16H24ClN3O. The Bertz CT molecular complexity index is 592. The van der Waals surface area contributed by atoms with Crippen molar-refractivity contribution in [3.8, 4) is 0 Å². The molecule has 116 valence electrons. The van der Waals surface area contributed by atoms with E-state index in [0.29, 0.717) is 5.92 Å². The molecule has 1 unspecified atom stereocenters. The molecule has 2 heterocycles. The Labute approximate surface area is 131 Å². The van der Waals surface area contributed by atoms with Crippen molar-refractivity contribution < 1.29 is 4.74 Å². The predicted octanol–water partition coefficient (Wildman–Crippen LogP) is 4.10. The zero-order chi connectivity index (χ0) is 15.4. The first-order valence-corrected chi connectivity index (χ1v) is 7.97. The van der Waals surface area contributed by atoms with E-state index in [2.05, 4.69) is 34.4 Å². The molecule has 4 nitrogen and oxygen atoms in total. The van der Waals surface area contributed by atoms with Crippen molar-refractivity contribution in [2.24, 2.45) is 5.92 Å². The summed E-state index contributed by atoms with van der Waals surface area (Å²) in [6, 6.07) is 2.05. The quantitative estimate of drug-likeness (QED) is 0.571. The van der Waals surface area contributed by atoms with Crippen molar-refractivity contribution in [3.63, 3.8) is 0 Å². The van der Waals surface area contributed by atoms with Gasteiger partial charge in [-0.1, -0.05) is 13.8 Å². The largest absolute Gasteiger partial charge is 0.381 e. The maximum atomic E-state index is 6.26. The summed E-state index contributed by atoms with van der Waals surface area (Å²) >= 11 is 6.26. The zero-order valence-corrected chi connectivity index (χ0v) is 14.0. The minimum absolute atomic E-state index is 0.129. The summed E-state index contributed by atoms with van der Waals surface area (Å²) in [4.78, 5) is 9.14. The maximum absolute atomic E-state index is 6.26. The van der Waals surface area contributed by atoms with E-state index in [0.717, 1.165) is 48.7 Å². The Hall–Kier alpha value is -1.13. The van der Waals surface area contributed by atoms with E-state index < -0.39 is 0 Å². The highest BCUT2D eigenvalue weighted by Crippen LogP contribution is 2.24. The van der Waals surface area contributed by atoms with Crippen LogP contribution in [0.2, 0.25) is 0 Å². The Morgan fingerprint density at radius 3 is 2.76 bits per heavy atom. The van der Waals surface area contributed by atoms with Crippen LogP contribution >= 0.6 is 11.6 Å². The number of imidazole rings is 1. The highest BCUT2D eigenvalue weighted by molar-refractivity contribution is 6.20. The second kappa shape index (κ2) is 7.23. The van der Waals surface area contributed by atoms with Crippen LogP contribution in [0.4, 0.5) is 0 Å². The molecule has 0 fully saturated rings. The lowest BCUT2D eigenvalue weighted by Gasteiger charge is -2.11. The summed E-state index contributed by atoms with van der Waals surface area (Å²) in [5.41, 5.74) is 2.94. The zero-order valence-electron chi connectivity index (χ0n) is 13.3. The summed E-state index contributed by atoms with van der Waals surface area (Å²) in [6.45, 7) is 10.7. The van der Waals surface area contributed by atoms with E-state index in [9.17, 15) is 0 Å². The molecule has 0 amide bonds. The molecule has 0 aromatic carbocycles. The molecule has 0 N–H and O–H groups in total. The summed E-state index contributed by atoms with van der Waals surface area (Å²) < 4.78 is 7.75. The van der Waals surface area contributed by atoms with Crippen LogP contribution in [0.25, 0.3) is 11.2 Å². The van der Waals surface area contributed by atoms with Gasteiger partial charge in [0.25, 0.3) is 0 Å². The predicted molar refractivity (Wildman–Crippen MR) is 86.8 cm³/mol. The Balaban J connectivity index is 2.11. The number of rotatable bonds is 7. The number of pyridine rings is 1. The average molecular weight is 310 g/mol. The second-order valence-corrected chi connectivity index (χ2v) is 6.57. The van der Waals surface area contributed by atoms with Crippen LogP contribution in [0, 0.1) is 12.8 Å². The number of hydrogen-bond acceptors (Lipinski definition) is 3. The molecule has 0 saturated heterocycles. The minimum atomic E-state index is -0.129. The minimum Gasteiger partial charge on any atom is -0.381 e. The van der Waals surface area contributed by atoms with Gasteiger partial charge in [-0.3, -0.25) is 0 Å². The molecule has 0 radical (unpaired) electrons. The Kier molecular flexibility index (Phi) is 5.59. The van der Waals surface area contributed by atoms with Gasteiger partial charge in [-0.25, -0.2) is 9.97 Å². The number of fused-ring (bicyclic) bond motifs is 1. The first-order chi connectivity index (χ1) is 9.99. The maximum Gasteiger partial charge on any atom is 0.160 e. The lowest BCUT2D eigenvalue weighted by molar-refractivity contribution is 0.105. The molecule has 0 aliphatic heterocycles. The molecule has 0 bridgehead atoms. The molecule has 21 heavy (non-hydrogen) atoms. The third-order valence-electron chi connectivity index (χ3n) is 3.23. The summed E-state index contributed by atoms with van der Waals surface area (Å²) in [7, 11) is 0. The Morgan fingerprint density at radius 1 is 1.33 bits per heavy atom. The highest BCUT2D eigenvalue weighted by Gasteiger charge is 2.15. The highest BCUT2D eigenvalue weighted by atomic mass is 35.5. The van der Waals surface area contributed by atoms with Gasteiger partial charge in [0.1, 0.15) is 11.3 Å². The van der Waals surface area contributed by atoms with Gasteiger partial charge >= 0.3 is 0 Å². The van der Waals surface area contributed by atoms with Crippen molar-refractivity contribution in [3.05, 3.63) is 23.7 Å². The van der Waals surface area contributed by atoms with Crippen LogP contribution < -0.4 is 0 Å². The average Bonchev–Trinajstić information content (AvgIpc) is 2.76. The van der Waals surface area contributed by atoms with Crippen molar-refractivity contribution in [2.75, 3.05) is 13.2 Å². The molecule has 2 rings (SSSR count). The monoisotopic (exact) mass is 309 g/mol. The molecule has 0 aliphatic rings. The van der Waals surface area contributed by atoms with Gasteiger partial charge in [0, 0.05) is 26.0 Å². The van der Waals surface area contributed by atoms with Gasteiger partial charge in [0.15, 0.2) is 5.65 Å². The van der Waals surface area contributed by atoms with E-state index in [1.165, 1.54) is 0 Å². The SMILES string of the molecule is Cc1cnc2c(c1)nc(C(C)Cl)n2CCCOCC(C)C. The normalized spacial score (nSPS) is 13.2. The van der Waals surface area contributed by atoms with Crippen molar-refractivity contribution in [1.82, 2.24) is 14.5 Å². The van der Waals surface area contributed by atoms with E-state index in [1.54, 1.807) is 0 Å². The Morgan fingerprint density at radius 2 is 2.10 bits per heavy atom. The van der Waals surface area contributed by atoms with Crippen molar-refractivity contribution in [2.45, 2.75) is 46.0 Å². The summed E-state index contributed by atoms with van der Waals surface area (Å²) in [5, 5.41) is -0.129. The molecule has 1 atom stereocenters. The lowest BCUT2D eigenvalue weighted by atomic mass is 10.2. The van der Waals surface area contributed by atoms with Gasteiger partial charge in [-0.05, 0) is 37.8 Å². The number of aryl methyl sites for hydroxylation is 2. The van der Waals surface area contributed by atoms with Crippen LogP contribution in [0.3, 0.4) is 0 Å².